The van der Waals surface area contributed by atoms with Crippen molar-refractivity contribution in [1.29, 1.82) is 0 Å². The molecule has 2 rings (SSSR count). The van der Waals surface area contributed by atoms with E-state index in [2.05, 4.69) is 5.32 Å². The molecule has 0 aliphatic rings. The smallest absolute Gasteiger partial charge is 0.261 e. The molecule has 0 saturated heterocycles. The van der Waals surface area contributed by atoms with Gasteiger partial charge in [-0.25, -0.2) is 0 Å². The molecule has 0 saturated carbocycles. The number of hydrogen-bond donors (Lipinski definition) is 2. The van der Waals surface area contributed by atoms with E-state index in [1.54, 1.807) is 6.92 Å². The lowest BCUT2D eigenvalue weighted by Gasteiger charge is -2.14. The van der Waals surface area contributed by atoms with E-state index >= 15 is 0 Å². The van der Waals surface area contributed by atoms with Crippen molar-refractivity contribution < 1.29 is 14.6 Å². The van der Waals surface area contributed by atoms with Gasteiger partial charge in [-0.2, -0.15) is 0 Å². The third-order valence-electron chi connectivity index (χ3n) is 3.10. The van der Waals surface area contributed by atoms with E-state index in [0.29, 0.717) is 12.3 Å². The molecule has 0 spiro atoms. The van der Waals surface area contributed by atoms with Gasteiger partial charge in [0.25, 0.3) is 5.91 Å². The van der Waals surface area contributed by atoms with Gasteiger partial charge in [-0.3, -0.25) is 4.79 Å². The second-order valence-electron chi connectivity index (χ2n) is 4.77. The first-order valence-electron chi connectivity index (χ1n) is 6.87. The van der Waals surface area contributed by atoms with Gasteiger partial charge in [0.2, 0.25) is 0 Å². The zero-order valence-electron chi connectivity index (χ0n) is 12.0. The fraction of sp³-hybridized carbons (Fsp3) is 0.235. The normalized spacial score (nSPS) is 11.7. The van der Waals surface area contributed by atoms with Crippen molar-refractivity contribution in [2.24, 2.45) is 0 Å². The maximum Gasteiger partial charge on any atom is 0.261 e. The Morgan fingerprint density at radius 3 is 2.33 bits per heavy atom. The molecule has 0 bridgehead atoms. The molecule has 21 heavy (non-hydrogen) atoms. The Labute approximate surface area is 124 Å². The number of aliphatic hydroxyl groups is 1. The van der Waals surface area contributed by atoms with Crippen LogP contribution in [0.1, 0.15) is 18.1 Å². The van der Waals surface area contributed by atoms with Gasteiger partial charge in [0.05, 0.1) is 6.61 Å². The van der Waals surface area contributed by atoms with Crippen LogP contribution < -0.4 is 10.1 Å². The summed E-state index contributed by atoms with van der Waals surface area (Å²) in [6.07, 6.45) is -0.552. The maximum absolute atomic E-state index is 12.0. The SMILES string of the molecule is CC(Oc1ccccc1)C(=O)NCc1ccc(CO)cc1. The summed E-state index contributed by atoms with van der Waals surface area (Å²) in [6, 6.07) is 16.7. The van der Waals surface area contributed by atoms with Crippen LogP contribution in [-0.2, 0) is 17.9 Å². The third-order valence-corrected chi connectivity index (χ3v) is 3.10. The minimum absolute atomic E-state index is 0.0224. The fourth-order valence-electron chi connectivity index (χ4n) is 1.85. The van der Waals surface area contributed by atoms with E-state index in [0.717, 1.165) is 11.1 Å². The minimum atomic E-state index is -0.552. The highest BCUT2D eigenvalue weighted by Crippen LogP contribution is 2.11. The Kier molecular flexibility index (Phi) is 5.35. The lowest BCUT2D eigenvalue weighted by molar-refractivity contribution is -0.127. The lowest BCUT2D eigenvalue weighted by atomic mass is 10.1. The van der Waals surface area contributed by atoms with Gasteiger partial charge >= 0.3 is 0 Å². The fourth-order valence-corrected chi connectivity index (χ4v) is 1.85. The highest BCUT2D eigenvalue weighted by Gasteiger charge is 2.13. The average Bonchev–Trinajstić information content (AvgIpc) is 2.54. The van der Waals surface area contributed by atoms with Crippen molar-refractivity contribution in [3.8, 4) is 5.75 Å². The molecular weight excluding hydrogens is 266 g/mol. The molecule has 1 atom stereocenters. The van der Waals surface area contributed by atoms with Crippen molar-refractivity contribution in [2.75, 3.05) is 0 Å². The molecule has 2 aromatic carbocycles. The van der Waals surface area contributed by atoms with Gasteiger partial charge < -0.3 is 15.2 Å². The summed E-state index contributed by atoms with van der Waals surface area (Å²) in [5, 5.41) is 11.8. The van der Waals surface area contributed by atoms with Crippen LogP contribution in [0.5, 0.6) is 5.75 Å². The minimum Gasteiger partial charge on any atom is -0.481 e. The molecule has 0 aliphatic heterocycles. The molecule has 1 unspecified atom stereocenters. The van der Waals surface area contributed by atoms with Gasteiger partial charge in [-0.1, -0.05) is 42.5 Å². The molecular formula is C17H19NO3. The second-order valence-corrected chi connectivity index (χ2v) is 4.77. The van der Waals surface area contributed by atoms with Gasteiger partial charge in [0.1, 0.15) is 5.75 Å². The number of amides is 1. The summed E-state index contributed by atoms with van der Waals surface area (Å²) in [5.74, 6) is 0.512. The second kappa shape index (κ2) is 7.45. The van der Waals surface area contributed by atoms with Crippen LogP contribution in [0.15, 0.2) is 54.6 Å². The quantitative estimate of drug-likeness (QED) is 0.856. The predicted molar refractivity (Wildman–Crippen MR) is 80.7 cm³/mol. The van der Waals surface area contributed by atoms with Crippen LogP contribution in [0.25, 0.3) is 0 Å². The van der Waals surface area contributed by atoms with Gasteiger partial charge in [0, 0.05) is 6.54 Å². The molecule has 0 radical (unpaired) electrons. The monoisotopic (exact) mass is 285 g/mol. The molecule has 2 N–H and O–H groups in total. The van der Waals surface area contributed by atoms with Crippen LogP contribution in [0.4, 0.5) is 0 Å². The Balaban J connectivity index is 1.83. The number of rotatable bonds is 6. The molecule has 4 heteroatoms. The van der Waals surface area contributed by atoms with Gasteiger partial charge in [-0.05, 0) is 30.2 Å². The molecule has 1 amide bonds. The van der Waals surface area contributed by atoms with E-state index in [-0.39, 0.29) is 12.5 Å². The van der Waals surface area contributed by atoms with Gasteiger partial charge in [0.15, 0.2) is 6.10 Å². The molecule has 4 nitrogen and oxygen atoms in total. The van der Waals surface area contributed by atoms with E-state index in [4.69, 9.17) is 9.84 Å². The highest BCUT2D eigenvalue weighted by molar-refractivity contribution is 5.80. The summed E-state index contributed by atoms with van der Waals surface area (Å²) in [7, 11) is 0. The van der Waals surface area contributed by atoms with Crippen LogP contribution in [0, 0.1) is 0 Å². The topological polar surface area (TPSA) is 58.6 Å². The number of nitrogens with one attached hydrogen (secondary N) is 1. The first-order chi connectivity index (χ1) is 10.2. The Morgan fingerprint density at radius 1 is 1.10 bits per heavy atom. The zero-order valence-corrected chi connectivity index (χ0v) is 12.0. The Bertz CT molecular complexity index is 566. The maximum atomic E-state index is 12.0. The summed E-state index contributed by atoms with van der Waals surface area (Å²) >= 11 is 0. The number of benzene rings is 2. The first kappa shape index (κ1) is 15.1. The number of ether oxygens (including phenoxy) is 1. The van der Waals surface area contributed by atoms with E-state index in [9.17, 15) is 4.79 Å². The molecule has 0 fully saturated rings. The summed E-state index contributed by atoms with van der Waals surface area (Å²) < 4.78 is 5.56. The Morgan fingerprint density at radius 2 is 1.71 bits per heavy atom. The number of carbonyl (C=O) groups excluding carboxylic acids is 1. The summed E-state index contributed by atoms with van der Waals surface area (Å²) in [5.41, 5.74) is 1.83. The van der Waals surface area contributed by atoms with E-state index < -0.39 is 6.10 Å². The summed E-state index contributed by atoms with van der Waals surface area (Å²) in [6.45, 7) is 2.18. The molecule has 110 valence electrons. The predicted octanol–water partition coefficient (Wildman–Crippen LogP) is 2.26. The zero-order chi connectivity index (χ0) is 15.1. The Hall–Kier alpha value is -2.33. The first-order valence-corrected chi connectivity index (χ1v) is 6.87. The van der Waals surface area contributed by atoms with E-state index in [1.807, 2.05) is 54.6 Å². The van der Waals surface area contributed by atoms with Crippen molar-refractivity contribution in [3.63, 3.8) is 0 Å². The van der Waals surface area contributed by atoms with Crippen molar-refractivity contribution >= 4 is 5.91 Å². The standard InChI is InChI=1S/C17H19NO3/c1-13(21-16-5-3-2-4-6-16)17(20)18-11-14-7-9-15(12-19)10-8-14/h2-10,13,19H,11-12H2,1H3,(H,18,20). The molecule has 2 aromatic rings. The number of aliphatic hydroxyl groups excluding tert-OH is 1. The van der Waals surface area contributed by atoms with Gasteiger partial charge in [-0.15, -0.1) is 0 Å². The third kappa shape index (κ3) is 4.61. The van der Waals surface area contributed by atoms with Crippen LogP contribution in [-0.4, -0.2) is 17.1 Å². The highest BCUT2D eigenvalue weighted by atomic mass is 16.5. The number of hydrogen-bond acceptors (Lipinski definition) is 3. The van der Waals surface area contributed by atoms with Crippen LogP contribution >= 0.6 is 0 Å². The average molecular weight is 285 g/mol. The number of carbonyl (C=O) groups is 1. The van der Waals surface area contributed by atoms with Crippen molar-refractivity contribution in [2.45, 2.75) is 26.2 Å². The van der Waals surface area contributed by atoms with E-state index in [1.165, 1.54) is 0 Å². The number of para-hydroxylation sites is 1. The molecule has 0 aromatic heterocycles. The van der Waals surface area contributed by atoms with Crippen LogP contribution in [0.3, 0.4) is 0 Å². The van der Waals surface area contributed by atoms with Crippen molar-refractivity contribution in [1.82, 2.24) is 5.32 Å². The van der Waals surface area contributed by atoms with Crippen LogP contribution in [0.2, 0.25) is 0 Å². The molecule has 0 aliphatic carbocycles. The molecule has 0 heterocycles. The summed E-state index contributed by atoms with van der Waals surface area (Å²) in [4.78, 5) is 12.0. The largest absolute Gasteiger partial charge is 0.481 e. The van der Waals surface area contributed by atoms with Crippen molar-refractivity contribution in [3.05, 3.63) is 65.7 Å². The lowest BCUT2D eigenvalue weighted by Crippen LogP contribution is -2.35.